The van der Waals surface area contributed by atoms with Gasteiger partial charge in [0, 0.05) is 11.1 Å². The van der Waals surface area contributed by atoms with Crippen LogP contribution in [0, 0.1) is 6.92 Å². The first-order chi connectivity index (χ1) is 13.5. The van der Waals surface area contributed by atoms with Gasteiger partial charge in [0.25, 0.3) is 0 Å². The van der Waals surface area contributed by atoms with Crippen LogP contribution in [0.4, 0.5) is 5.69 Å². The number of hydrogen-bond acceptors (Lipinski definition) is 1. The van der Waals surface area contributed by atoms with Crippen LogP contribution in [0.1, 0.15) is 69.4 Å². The van der Waals surface area contributed by atoms with Gasteiger partial charge in [0.05, 0.1) is 0 Å². The molecule has 0 saturated heterocycles. The van der Waals surface area contributed by atoms with Crippen molar-refractivity contribution in [1.82, 2.24) is 0 Å². The molecule has 0 bridgehead atoms. The molecule has 2 aliphatic carbocycles. The molecule has 0 saturated carbocycles. The average Bonchev–Trinajstić information content (AvgIpc) is 2.86. The quantitative estimate of drug-likeness (QED) is 0.412. The molecule has 0 aliphatic heterocycles. The summed E-state index contributed by atoms with van der Waals surface area (Å²) in [7, 11) is 0. The van der Waals surface area contributed by atoms with Crippen molar-refractivity contribution in [1.29, 1.82) is 0 Å². The molecule has 0 spiro atoms. The lowest BCUT2D eigenvalue weighted by Crippen LogP contribution is -2.43. The predicted molar refractivity (Wildman–Crippen MR) is 125 cm³/mol. The highest BCUT2D eigenvalue weighted by atomic mass is 14.6. The van der Waals surface area contributed by atoms with Crippen molar-refractivity contribution in [3.8, 4) is 22.3 Å². The van der Waals surface area contributed by atoms with Gasteiger partial charge in [-0.25, -0.2) is 0 Å². The van der Waals surface area contributed by atoms with Crippen molar-refractivity contribution in [3.05, 3.63) is 76.3 Å². The minimum Gasteiger partial charge on any atom is -0.399 e. The van der Waals surface area contributed by atoms with Crippen molar-refractivity contribution in [2.75, 3.05) is 5.73 Å². The highest BCUT2D eigenvalue weighted by Gasteiger charge is 2.47. The van der Waals surface area contributed by atoms with E-state index < -0.39 is 0 Å². The molecule has 0 radical (unpaired) electrons. The number of benzene rings is 3. The highest BCUT2D eigenvalue weighted by molar-refractivity contribution is 5.88. The zero-order valence-electron chi connectivity index (χ0n) is 18.7. The van der Waals surface area contributed by atoms with Crippen LogP contribution in [0.25, 0.3) is 22.3 Å². The smallest absolute Gasteiger partial charge is 0.0317 e. The molecule has 148 valence electrons. The van der Waals surface area contributed by atoms with E-state index in [1.165, 1.54) is 50.1 Å². The molecule has 5 rings (SSSR count). The normalized spacial score (nSPS) is 19.1. The van der Waals surface area contributed by atoms with Crippen LogP contribution in [0.3, 0.4) is 0 Å². The Morgan fingerprint density at radius 1 is 0.552 bits per heavy atom. The first-order valence-electron chi connectivity index (χ1n) is 10.7. The number of nitrogens with two attached hydrogens (primary N) is 1. The Labute approximate surface area is 175 Å². The zero-order valence-corrected chi connectivity index (χ0v) is 18.7. The fourth-order valence-corrected chi connectivity index (χ4v) is 5.62. The van der Waals surface area contributed by atoms with E-state index in [1.807, 2.05) is 6.07 Å². The summed E-state index contributed by atoms with van der Waals surface area (Å²) < 4.78 is 0. The molecule has 1 heteroatoms. The molecule has 2 aliphatic rings. The van der Waals surface area contributed by atoms with Crippen molar-refractivity contribution in [2.24, 2.45) is 0 Å². The second-order valence-electron chi connectivity index (χ2n) is 10.7. The monoisotopic (exact) mass is 381 g/mol. The first kappa shape index (κ1) is 18.5. The fraction of sp³-hybridized carbons (Fsp3) is 0.357. The molecule has 3 aromatic carbocycles. The molecule has 0 amide bonds. The summed E-state index contributed by atoms with van der Waals surface area (Å²) in [4.78, 5) is 0. The number of fused-ring (bicyclic) bond motifs is 6. The van der Waals surface area contributed by atoms with Gasteiger partial charge in [-0.1, -0.05) is 71.4 Å². The van der Waals surface area contributed by atoms with Crippen LogP contribution in [0.2, 0.25) is 0 Å². The van der Waals surface area contributed by atoms with Crippen molar-refractivity contribution < 1.29 is 0 Å². The molecular weight excluding hydrogens is 350 g/mol. The van der Waals surface area contributed by atoms with Crippen molar-refractivity contribution in [3.63, 3.8) is 0 Å². The van der Waals surface area contributed by atoms with Crippen LogP contribution in [0.5, 0.6) is 0 Å². The number of hydrogen-bond donors (Lipinski definition) is 1. The van der Waals surface area contributed by atoms with Crippen molar-refractivity contribution >= 4 is 5.69 Å². The van der Waals surface area contributed by atoms with Crippen LogP contribution in [0.15, 0.2) is 48.5 Å². The molecule has 0 atom stereocenters. The van der Waals surface area contributed by atoms with Gasteiger partial charge in [-0.05, 0) is 86.5 Å². The maximum absolute atomic E-state index is 6.22. The van der Waals surface area contributed by atoms with E-state index in [1.54, 1.807) is 0 Å². The lowest BCUT2D eigenvalue weighted by Gasteiger charge is -2.48. The van der Waals surface area contributed by atoms with Gasteiger partial charge >= 0.3 is 0 Å². The van der Waals surface area contributed by atoms with Gasteiger partial charge in [-0.3, -0.25) is 0 Å². The van der Waals surface area contributed by atoms with E-state index in [-0.39, 0.29) is 16.2 Å². The predicted octanol–water partition coefficient (Wildman–Crippen LogP) is 7.12. The summed E-state index contributed by atoms with van der Waals surface area (Å²) in [5.41, 5.74) is 19.6. The Morgan fingerprint density at radius 3 is 1.72 bits per heavy atom. The summed E-state index contributed by atoms with van der Waals surface area (Å²) in [6.07, 6.45) is 0. The Kier molecular flexibility index (Phi) is 3.40. The third-order valence-electron chi connectivity index (χ3n) is 8.21. The van der Waals surface area contributed by atoms with Gasteiger partial charge < -0.3 is 5.73 Å². The minimum absolute atomic E-state index is 0.00422. The number of rotatable bonds is 0. The van der Waals surface area contributed by atoms with Crippen LogP contribution < -0.4 is 5.73 Å². The fourth-order valence-electron chi connectivity index (χ4n) is 5.62. The second-order valence-corrected chi connectivity index (χ2v) is 10.7. The molecule has 0 heterocycles. The van der Waals surface area contributed by atoms with Crippen LogP contribution in [-0.2, 0) is 16.2 Å². The maximum Gasteiger partial charge on any atom is 0.0317 e. The van der Waals surface area contributed by atoms with E-state index in [4.69, 9.17) is 5.73 Å². The zero-order chi connectivity index (χ0) is 20.9. The molecule has 29 heavy (non-hydrogen) atoms. The summed E-state index contributed by atoms with van der Waals surface area (Å²) >= 11 is 0. The molecule has 2 N–H and O–H groups in total. The number of anilines is 1. The molecule has 0 fully saturated rings. The third kappa shape index (κ3) is 2.16. The van der Waals surface area contributed by atoms with E-state index in [2.05, 4.69) is 90.9 Å². The van der Waals surface area contributed by atoms with Crippen LogP contribution >= 0.6 is 0 Å². The van der Waals surface area contributed by atoms with E-state index in [0.717, 1.165) is 5.69 Å². The summed E-state index contributed by atoms with van der Waals surface area (Å²) in [6, 6.07) is 18.4. The number of aryl methyl sites for hydroxylation is 1. The van der Waals surface area contributed by atoms with E-state index in [9.17, 15) is 0 Å². The van der Waals surface area contributed by atoms with E-state index in [0.29, 0.717) is 0 Å². The van der Waals surface area contributed by atoms with Crippen LogP contribution in [-0.4, -0.2) is 0 Å². The van der Waals surface area contributed by atoms with Gasteiger partial charge in [-0.2, -0.15) is 0 Å². The summed E-state index contributed by atoms with van der Waals surface area (Å²) in [5, 5.41) is 0. The Morgan fingerprint density at radius 2 is 1.03 bits per heavy atom. The Hall–Kier alpha value is -2.54. The summed E-state index contributed by atoms with van der Waals surface area (Å²) in [6.45, 7) is 16.4. The second kappa shape index (κ2) is 5.33. The number of nitrogen functional groups attached to an aromatic ring is 1. The SMILES string of the molecule is Cc1ccc2c(c1)C(C)(C)c1cc3c(cc1-2)C(C)(C)C(C)(C)c1cc(N)ccc1-3. The lowest BCUT2D eigenvalue weighted by molar-refractivity contribution is 0.299. The molecule has 1 nitrogen and oxygen atoms in total. The van der Waals surface area contributed by atoms with Gasteiger partial charge in [0.15, 0.2) is 0 Å². The molecular formula is C28H31N. The summed E-state index contributed by atoms with van der Waals surface area (Å²) in [5.74, 6) is 0. The van der Waals surface area contributed by atoms with Gasteiger partial charge in [-0.15, -0.1) is 0 Å². The van der Waals surface area contributed by atoms with E-state index >= 15 is 0 Å². The maximum atomic E-state index is 6.22. The lowest BCUT2D eigenvalue weighted by atomic mass is 9.55. The first-order valence-corrected chi connectivity index (χ1v) is 10.7. The third-order valence-corrected chi connectivity index (χ3v) is 8.21. The topological polar surface area (TPSA) is 26.0 Å². The standard InChI is InChI=1S/C28H31N/c1-16-8-10-18-20-15-25-21(14-23(20)26(2,3)22(18)12-16)19-11-9-17(29)13-24(19)27(4,5)28(25,6)7/h8-15H,29H2,1-7H3. The largest absolute Gasteiger partial charge is 0.399 e. The minimum atomic E-state index is -0.0107. The Bertz CT molecular complexity index is 1190. The Balaban J connectivity index is 1.89. The molecule has 3 aromatic rings. The molecule has 0 unspecified atom stereocenters. The highest BCUT2D eigenvalue weighted by Crippen LogP contribution is 2.58. The van der Waals surface area contributed by atoms with Gasteiger partial charge in [0.1, 0.15) is 0 Å². The average molecular weight is 382 g/mol. The van der Waals surface area contributed by atoms with Crippen molar-refractivity contribution in [2.45, 2.75) is 64.7 Å². The molecule has 0 aromatic heterocycles. The van der Waals surface area contributed by atoms with Gasteiger partial charge in [0.2, 0.25) is 0 Å².